The lowest BCUT2D eigenvalue weighted by atomic mass is 10.2. The van der Waals surface area contributed by atoms with Gasteiger partial charge in [-0.05, 0) is 66.2 Å². The normalized spacial score (nSPS) is 11.3. The molecule has 0 saturated carbocycles. The van der Waals surface area contributed by atoms with Gasteiger partial charge < -0.3 is 5.11 Å². The summed E-state index contributed by atoms with van der Waals surface area (Å²) < 4.78 is 27.6. The first-order valence-corrected chi connectivity index (χ1v) is 10.2. The van der Waals surface area contributed by atoms with E-state index in [1.807, 2.05) is 0 Å². The van der Waals surface area contributed by atoms with Crippen LogP contribution in [0.1, 0.15) is 15.9 Å². The van der Waals surface area contributed by atoms with E-state index in [2.05, 4.69) is 15.2 Å². The molecule has 3 aromatic rings. The molecule has 3 N–H and O–H groups in total. The summed E-state index contributed by atoms with van der Waals surface area (Å²) in [4.78, 5) is 12.5. The van der Waals surface area contributed by atoms with Gasteiger partial charge in [-0.15, -0.1) is 0 Å². The SMILES string of the molecule is O=C(N/N=C/c1ccc(O)cc1)c1ccccc1NS(=O)(=O)c1ccc(Cl)cc1. The van der Waals surface area contributed by atoms with E-state index >= 15 is 0 Å². The highest BCUT2D eigenvalue weighted by Crippen LogP contribution is 2.21. The fraction of sp³-hybridized carbons (Fsp3) is 0. The van der Waals surface area contributed by atoms with Crippen LogP contribution in [0.5, 0.6) is 5.75 Å². The number of phenols is 1. The van der Waals surface area contributed by atoms with Crippen LogP contribution in [0.4, 0.5) is 5.69 Å². The van der Waals surface area contributed by atoms with E-state index in [9.17, 15) is 18.3 Å². The van der Waals surface area contributed by atoms with E-state index in [1.54, 1.807) is 24.3 Å². The number of sulfonamides is 1. The zero-order valence-electron chi connectivity index (χ0n) is 14.9. The van der Waals surface area contributed by atoms with Crippen molar-refractivity contribution in [2.24, 2.45) is 5.10 Å². The lowest BCUT2D eigenvalue weighted by Gasteiger charge is -2.11. The number of halogens is 1. The van der Waals surface area contributed by atoms with Crippen molar-refractivity contribution in [2.45, 2.75) is 4.90 Å². The van der Waals surface area contributed by atoms with Gasteiger partial charge in [-0.1, -0.05) is 23.7 Å². The molecule has 0 aromatic heterocycles. The number of para-hydroxylation sites is 1. The summed E-state index contributed by atoms with van der Waals surface area (Å²) in [5.74, 6) is -0.470. The number of amides is 1. The molecule has 0 aliphatic heterocycles. The Morgan fingerprint density at radius 2 is 1.62 bits per heavy atom. The number of rotatable bonds is 6. The predicted molar refractivity (Wildman–Crippen MR) is 112 cm³/mol. The third-order valence-corrected chi connectivity index (χ3v) is 5.45. The van der Waals surface area contributed by atoms with Crippen molar-refractivity contribution in [3.8, 4) is 5.75 Å². The maximum atomic E-state index is 12.6. The van der Waals surface area contributed by atoms with Gasteiger partial charge >= 0.3 is 0 Å². The summed E-state index contributed by atoms with van der Waals surface area (Å²) in [5.41, 5.74) is 3.23. The predicted octanol–water partition coefficient (Wildman–Crippen LogP) is 3.61. The van der Waals surface area contributed by atoms with Gasteiger partial charge in [-0.25, -0.2) is 13.8 Å². The molecule has 7 nitrogen and oxygen atoms in total. The Bertz CT molecular complexity index is 1150. The molecule has 0 unspecified atom stereocenters. The van der Waals surface area contributed by atoms with Crippen LogP contribution in [0, 0.1) is 0 Å². The number of hydrogen-bond acceptors (Lipinski definition) is 5. The molecular formula is C20H16ClN3O4S. The Balaban J connectivity index is 1.76. The van der Waals surface area contributed by atoms with E-state index in [-0.39, 0.29) is 21.9 Å². The van der Waals surface area contributed by atoms with Crippen LogP contribution in [-0.2, 0) is 10.0 Å². The standard InChI is InChI=1S/C20H16ClN3O4S/c21-15-7-11-17(12-8-15)29(27,28)24-19-4-2-1-3-18(19)20(26)23-22-13-14-5-9-16(25)10-6-14/h1-13,24-25H,(H,23,26)/b22-13+. The van der Waals surface area contributed by atoms with Crippen molar-refractivity contribution in [3.63, 3.8) is 0 Å². The summed E-state index contributed by atoms with van der Waals surface area (Å²) in [6.07, 6.45) is 1.40. The average molecular weight is 430 g/mol. The lowest BCUT2D eigenvalue weighted by molar-refractivity contribution is 0.0956. The van der Waals surface area contributed by atoms with Crippen LogP contribution in [0.15, 0.2) is 82.8 Å². The van der Waals surface area contributed by atoms with E-state index in [0.29, 0.717) is 10.6 Å². The second-order valence-electron chi connectivity index (χ2n) is 5.90. The van der Waals surface area contributed by atoms with E-state index in [4.69, 9.17) is 11.6 Å². The number of nitrogens with zero attached hydrogens (tertiary/aromatic N) is 1. The molecule has 1 amide bonds. The number of benzene rings is 3. The molecule has 148 valence electrons. The molecular weight excluding hydrogens is 414 g/mol. The molecule has 0 bridgehead atoms. The van der Waals surface area contributed by atoms with E-state index in [1.165, 1.54) is 54.7 Å². The largest absolute Gasteiger partial charge is 0.508 e. The fourth-order valence-electron chi connectivity index (χ4n) is 2.37. The van der Waals surface area contributed by atoms with E-state index in [0.717, 1.165) is 0 Å². The smallest absolute Gasteiger partial charge is 0.273 e. The monoisotopic (exact) mass is 429 g/mol. The van der Waals surface area contributed by atoms with Gasteiger partial charge in [0.1, 0.15) is 5.75 Å². The number of hydrogen-bond donors (Lipinski definition) is 3. The van der Waals surface area contributed by atoms with Crippen molar-refractivity contribution >= 4 is 39.4 Å². The Morgan fingerprint density at radius 3 is 2.31 bits per heavy atom. The molecule has 0 fully saturated rings. The van der Waals surface area contributed by atoms with Crippen molar-refractivity contribution in [2.75, 3.05) is 4.72 Å². The van der Waals surface area contributed by atoms with Crippen LogP contribution in [0.2, 0.25) is 5.02 Å². The minimum absolute atomic E-state index is 0.0162. The minimum Gasteiger partial charge on any atom is -0.508 e. The molecule has 0 aliphatic carbocycles. The van der Waals surface area contributed by atoms with Crippen LogP contribution in [-0.4, -0.2) is 25.6 Å². The maximum Gasteiger partial charge on any atom is 0.273 e. The Hall–Kier alpha value is -3.36. The Morgan fingerprint density at radius 1 is 0.966 bits per heavy atom. The minimum atomic E-state index is -3.90. The zero-order chi connectivity index (χ0) is 20.9. The van der Waals surface area contributed by atoms with Gasteiger partial charge in [-0.2, -0.15) is 5.10 Å². The summed E-state index contributed by atoms with van der Waals surface area (Å²) >= 11 is 5.80. The Kier molecular flexibility index (Phi) is 6.16. The second-order valence-corrected chi connectivity index (χ2v) is 8.01. The number of carbonyl (C=O) groups is 1. The number of phenolic OH excluding ortho intramolecular Hbond substituents is 1. The van der Waals surface area contributed by atoms with Crippen LogP contribution >= 0.6 is 11.6 Å². The average Bonchev–Trinajstić information content (AvgIpc) is 2.70. The summed E-state index contributed by atoms with van der Waals surface area (Å²) in [6, 6.07) is 18.1. The lowest BCUT2D eigenvalue weighted by Crippen LogP contribution is -2.21. The molecule has 3 aromatic carbocycles. The first kappa shape index (κ1) is 20.4. The number of hydrazone groups is 1. The first-order valence-electron chi connectivity index (χ1n) is 8.35. The van der Waals surface area contributed by atoms with Crippen molar-refractivity contribution < 1.29 is 18.3 Å². The summed E-state index contributed by atoms with van der Waals surface area (Å²) in [6.45, 7) is 0. The molecule has 0 radical (unpaired) electrons. The van der Waals surface area contributed by atoms with Crippen molar-refractivity contribution in [3.05, 3.63) is 88.9 Å². The van der Waals surface area contributed by atoms with Gasteiger partial charge in [0.15, 0.2) is 0 Å². The molecule has 3 rings (SSSR count). The first-order chi connectivity index (χ1) is 13.8. The molecule has 0 heterocycles. The van der Waals surface area contributed by atoms with Gasteiger partial charge in [-0.3, -0.25) is 9.52 Å². The number of nitrogens with one attached hydrogen (secondary N) is 2. The number of carbonyl (C=O) groups excluding carboxylic acids is 1. The zero-order valence-corrected chi connectivity index (χ0v) is 16.5. The second kappa shape index (κ2) is 8.76. The molecule has 9 heteroatoms. The van der Waals surface area contributed by atoms with E-state index < -0.39 is 15.9 Å². The molecule has 29 heavy (non-hydrogen) atoms. The van der Waals surface area contributed by atoms with Crippen molar-refractivity contribution in [1.29, 1.82) is 0 Å². The number of aromatic hydroxyl groups is 1. The summed E-state index contributed by atoms with van der Waals surface area (Å²) in [7, 11) is -3.90. The molecule has 0 spiro atoms. The fourth-order valence-corrected chi connectivity index (χ4v) is 3.58. The quantitative estimate of drug-likeness (QED) is 0.411. The third-order valence-electron chi connectivity index (χ3n) is 3.81. The topological polar surface area (TPSA) is 108 Å². The molecule has 0 aliphatic rings. The maximum absolute atomic E-state index is 12.6. The molecule has 0 saturated heterocycles. The van der Waals surface area contributed by atoms with Gasteiger partial charge in [0.05, 0.1) is 22.4 Å². The van der Waals surface area contributed by atoms with Gasteiger partial charge in [0.25, 0.3) is 15.9 Å². The highest BCUT2D eigenvalue weighted by molar-refractivity contribution is 7.92. The van der Waals surface area contributed by atoms with Crippen molar-refractivity contribution in [1.82, 2.24) is 5.43 Å². The molecule has 0 atom stereocenters. The van der Waals surface area contributed by atoms with Crippen LogP contribution in [0.3, 0.4) is 0 Å². The van der Waals surface area contributed by atoms with Gasteiger partial charge in [0, 0.05) is 5.02 Å². The highest BCUT2D eigenvalue weighted by Gasteiger charge is 2.18. The third kappa shape index (κ3) is 5.34. The van der Waals surface area contributed by atoms with Crippen LogP contribution < -0.4 is 10.1 Å². The Labute approximate surface area is 172 Å². The highest BCUT2D eigenvalue weighted by atomic mass is 35.5. The van der Waals surface area contributed by atoms with Crippen LogP contribution in [0.25, 0.3) is 0 Å². The summed E-state index contributed by atoms with van der Waals surface area (Å²) in [5, 5.41) is 13.5. The van der Waals surface area contributed by atoms with Gasteiger partial charge in [0.2, 0.25) is 0 Å². The number of anilines is 1.